The summed E-state index contributed by atoms with van der Waals surface area (Å²) < 4.78 is 100. The molecule has 1 atom stereocenters. The van der Waals surface area contributed by atoms with Gasteiger partial charge in [-0.3, -0.25) is 29.0 Å². The number of hydrogen-bond acceptors (Lipinski definition) is 17. The second-order valence-corrected chi connectivity index (χ2v) is 22.3. The summed E-state index contributed by atoms with van der Waals surface area (Å²) in [6.45, 7) is 5.53. The number of ether oxygens (including phenoxy) is 1. The van der Waals surface area contributed by atoms with Gasteiger partial charge < -0.3 is 13.8 Å². The lowest BCUT2D eigenvalue weighted by Gasteiger charge is -2.15. The molecule has 0 bridgehead atoms. The van der Waals surface area contributed by atoms with Gasteiger partial charge >= 0.3 is 13.6 Å². The molecule has 0 radical (unpaired) electrons. The first-order chi connectivity index (χ1) is 27.9. The van der Waals surface area contributed by atoms with Gasteiger partial charge in [0.25, 0.3) is 5.69 Å². The van der Waals surface area contributed by atoms with Crippen LogP contribution in [0.2, 0.25) is 0 Å². The molecule has 5 rings (SSSR count). The van der Waals surface area contributed by atoms with E-state index in [1.807, 2.05) is 0 Å². The number of rotatable bonds is 17. The van der Waals surface area contributed by atoms with Gasteiger partial charge in [0, 0.05) is 41.2 Å². The van der Waals surface area contributed by atoms with E-state index in [0.717, 1.165) is 24.8 Å². The summed E-state index contributed by atoms with van der Waals surface area (Å²) >= 11 is 1.25. The quantitative estimate of drug-likeness (QED) is 0.0350. The van der Waals surface area contributed by atoms with E-state index >= 15 is 0 Å². The number of nitrogens with zero attached hydrogens (tertiary/aromatic N) is 4. The first-order valence-electron chi connectivity index (χ1n) is 17.8. The number of hydrogen-bond donors (Lipinski definition) is 0. The Hall–Kier alpha value is -4.70. The van der Waals surface area contributed by atoms with Crippen molar-refractivity contribution >= 4 is 76.8 Å². The fourth-order valence-electron chi connectivity index (χ4n) is 5.75. The number of carbonyl (C=O) groups is 2. The third-order valence-corrected chi connectivity index (χ3v) is 14.9. The third-order valence-electron chi connectivity index (χ3n) is 8.67. The molecule has 60 heavy (non-hydrogen) atoms. The van der Waals surface area contributed by atoms with E-state index in [2.05, 4.69) is 14.8 Å². The zero-order chi connectivity index (χ0) is 44.8. The first kappa shape index (κ1) is 48.0. The van der Waals surface area contributed by atoms with Gasteiger partial charge in [-0.15, -0.1) is 11.3 Å². The van der Waals surface area contributed by atoms with Crippen molar-refractivity contribution in [2.75, 3.05) is 39.1 Å². The Morgan fingerprint density at radius 3 is 1.95 bits per heavy atom. The molecule has 23 heteroatoms. The van der Waals surface area contributed by atoms with Crippen molar-refractivity contribution in [1.29, 1.82) is 0 Å². The van der Waals surface area contributed by atoms with Crippen LogP contribution in [0.4, 0.5) is 5.69 Å². The topological polar surface area (TPSA) is 255 Å². The number of nitro groups is 1. The van der Waals surface area contributed by atoms with Crippen LogP contribution in [0.25, 0.3) is 10.9 Å². The van der Waals surface area contributed by atoms with Crippen molar-refractivity contribution < 1.29 is 58.1 Å². The number of fused-ring (bicyclic) bond motifs is 1. The summed E-state index contributed by atoms with van der Waals surface area (Å²) in [6.07, 6.45) is 3.09. The van der Waals surface area contributed by atoms with Gasteiger partial charge in [0.2, 0.25) is 0 Å². The standard InChI is InChI=1S/C26H30N3O8PS3.C11H13NO6S/c1-5-36-38(31,37-6-2)16-19-17-39-25(27-19)14-24(30)26-22-12-11-21(41(4,34)35)13-23(22)29(28-26)15-18-7-9-20(10-8-18)40(3,32)33;1-7(11(13)18-2)9-5-4-8(19(3,16)17)6-10(9)12(14)15/h7-13,17H,5-6,14-16H2,1-4H3;4-7H,1-3H3. The molecule has 0 fully saturated rings. The highest BCUT2D eigenvalue weighted by atomic mass is 32.2. The van der Waals surface area contributed by atoms with E-state index in [-0.39, 0.29) is 64.1 Å². The van der Waals surface area contributed by atoms with Gasteiger partial charge in [0.05, 0.1) is 76.2 Å². The molecule has 1 unspecified atom stereocenters. The SMILES string of the molecule is CCOP(=O)(Cc1csc(CC(=O)c2nn(Cc3ccc(S(C)(=O)=O)cc3)c3cc(S(C)(=O)=O)ccc23)n1)OCC.COC(=O)C(C)c1ccc(S(C)(=O)=O)cc1[N+](=O)[O-]. The Morgan fingerprint density at radius 1 is 0.867 bits per heavy atom. The van der Waals surface area contributed by atoms with Crippen LogP contribution in [-0.4, -0.2) is 95.8 Å². The molecular formula is C37H43N4O14PS4. The lowest BCUT2D eigenvalue weighted by Crippen LogP contribution is -2.13. The average molecular weight is 927 g/mol. The van der Waals surface area contributed by atoms with Crippen LogP contribution in [0.1, 0.15) is 59.0 Å². The summed E-state index contributed by atoms with van der Waals surface area (Å²) in [6, 6.07) is 14.2. The first-order valence-corrected chi connectivity index (χ1v) is 26.1. The molecule has 0 amide bonds. The molecule has 0 saturated carbocycles. The minimum Gasteiger partial charge on any atom is -0.469 e. The van der Waals surface area contributed by atoms with Crippen molar-refractivity contribution in [3.05, 3.63) is 104 Å². The van der Waals surface area contributed by atoms with E-state index < -0.39 is 59.6 Å². The molecule has 324 valence electrons. The van der Waals surface area contributed by atoms with E-state index in [1.54, 1.807) is 37.4 Å². The number of carbonyl (C=O) groups excluding carboxylic acids is 2. The Kier molecular flexibility index (Phi) is 15.5. The summed E-state index contributed by atoms with van der Waals surface area (Å²) in [5.74, 6) is -1.80. The predicted octanol–water partition coefficient (Wildman–Crippen LogP) is 5.81. The molecule has 0 saturated heterocycles. The lowest BCUT2D eigenvalue weighted by atomic mass is 9.99. The van der Waals surface area contributed by atoms with Crippen LogP contribution in [0.5, 0.6) is 0 Å². The van der Waals surface area contributed by atoms with Crippen LogP contribution in [0, 0.1) is 10.1 Å². The van der Waals surface area contributed by atoms with Crippen molar-refractivity contribution in [3.8, 4) is 0 Å². The Labute approximate surface area is 351 Å². The number of methoxy groups -OCH3 is 1. The summed E-state index contributed by atoms with van der Waals surface area (Å²) in [7, 11) is -12.6. The van der Waals surface area contributed by atoms with Crippen LogP contribution >= 0.6 is 18.9 Å². The fourth-order valence-corrected chi connectivity index (χ4v) is 10.2. The summed E-state index contributed by atoms with van der Waals surface area (Å²) in [4.78, 5) is 39.6. The van der Waals surface area contributed by atoms with Crippen molar-refractivity contribution in [2.24, 2.45) is 0 Å². The normalized spacial score (nSPS) is 12.7. The average Bonchev–Trinajstić information content (AvgIpc) is 3.76. The number of esters is 1. The highest BCUT2D eigenvalue weighted by molar-refractivity contribution is 7.91. The van der Waals surface area contributed by atoms with E-state index in [9.17, 15) is 49.5 Å². The molecule has 0 N–H and O–H groups in total. The molecular weight excluding hydrogens is 884 g/mol. The molecule has 0 aliphatic carbocycles. The van der Waals surface area contributed by atoms with Crippen molar-refractivity contribution in [1.82, 2.24) is 14.8 Å². The Morgan fingerprint density at radius 2 is 1.42 bits per heavy atom. The lowest BCUT2D eigenvalue weighted by molar-refractivity contribution is -0.385. The number of nitro benzene ring substituents is 1. The van der Waals surface area contributed by atoms with Gasteiger partial charge in [-0.05, 0) is 62.7 Å². The van der Waals surface area contributed by atoms with Crippen LogP contribution in [-0.2, 0) is 71.8 Å². The highest BCUT2D eigenvalue weighted by Crippen LogP contribution is 2.51. The molecule has 2 aromatic heterocycles. The van der Waals surface area contributed by atoms with Crippen molar-refractivity contribution in [3.63, 3.8) is 0 Å². The number of aromatic nitrogens is 3. The summed E-state index contributed by atoms with van der Waals surface area (Å²) in [5, 5.41) is 18.2. The smallest absolute Gasteiger partial charge is 0.336 e. The number of sulfone groups is 3. The van der Waals surface area contributed by atoms with Gasteiger partial charge in [0.15, 0.2) is 35.3 Å². The molecule has 5 aromatic rings. The van der Waals surface area contributed by atoms with E-state index in [4.69, 9.17) is 9.05 Å². The molecule has 0 aliphatic heterocycles. The molecule has 0 spiro atoms. The number of benzene rings is 3. The highest BCUT2D eigenvalue weighted by Gasteiger charge is 2.28. The van der Waals surface area contributed by atoms with Gasteiger partial charge in [0.1, 0.15) is 10.7 Å². The predicted molar refractivity (Wildman–Crippen MR) is 223 cm³/mol. The van der Waals surface area contributed by atoms with Crippen LogP contribution in [0.3, 0.4) is 0 Å². The fraction of sp³-hybridized carbons (Fsp3) is 0.351. The van der Waals surface area contributed by atoms with Gasteiger partial charge in [-0.25, -0.2) is 30.2 Å². The maximum Gasteiger partial charge on any atom is 0.336 e. The van der Waals surface area contributed by atoms with E-state index in [1.165, 1.54) is 66.5 Å². The maximum atomic E-state index is 13.4. The molecule has 3 aromatic carbocycles. The second-order valence-electron chi connectivity index (χ2n) is 13.3. The van der Waals surface area contributed by atoms with Crippen molar-refractivity contribution in [2.45, 2.75) is 60.5 Å². The zero-order valence-corrected chi connectivity index (χ0v) is 37.7. The minimum atomic E-state index is -3.55. The van der Waals surface area contributed by atoms with Gasteiger partial charge in [-0.1, -0.05) is 18.2 Å². The molecule has 0 aliphatic rings. The number of Topliss-reactive ketones (excluding diaryl/α,β-unsaturated/α-hetero) is 1. The monoisotopic (exact) mass is 926 g/mol. The Bertz CT molecular complexity index is 2790. The largest absolute Gasteiger partial charge is 0.469 e. The number of thiazole rings is 1. The summed E-state index contributed by atoms with van der Waals surface area (Å²) in [5.41, 5.74) is 1.50. The second kappa shape index (κ2) is 19.3. The van der Waals surface area contributed by atoms with Crippen LogP contribution in [0.15, 0.2) is 80.7 Å². The third kappa shape index (κ3) is 12.2. The van der Waals surface area contributed by atoms with E-state index in [0.29, 0.717) is 27.2 Å². The maximum absolute atomic E-state index is 13.4. The van der Waals surface area contributed by atoms with Crippen LogP contribution < -0.4 is 0 Å². The van der Waals surface area contributed by atoms with Gasteiger partial charge in [-0.2, -0.15) is 5.10 Å². The minimum absolute atomic E-state index is 0.0106. The number of ketones is 1. The Balaban J connectivity index is 0.000000350. The molecule has 18 nitrogen and oxygen atoms in total. The zero-order valence-electron chi connectivity index (χ0n) is 33.5. The molecule has 2 heterocycles.